The minimum atomic E-state index is 0.0130. The van der Waals surface area contributed by atoms with E-state index in [0.29, 0.717) is 18.5 Å². The molecule has 1 saturated heterocycles. The molecule has 7 heteroatoms. The van der Waals surface area contributed by atoms with E-state index in [1.807, 2.05) is 37.0 Å². The maximum atomic E-state index is 12.8. The molecule has 0 unspecified atom stereocenters. The molecule has 3 atom stereocenters. The van der Waals surface area contributed by atoms with Crippen molar-refractivity contribution in [1.29, 1.82) is 0 Å². The highest BCUT2D eigenvalue weighted by Gasteiger charge is 2.35. The Morgan fingerprint density at radius 1 is 1.27 bits per heavy atom. The van der Waals surface area contributed by atoms with Gasteiger partial charge in [-0.25, -0.2) is 0 Å². The van der Waals surface area contributed by atoms with Crippen molar-refractivity contribution in [3.8, 4) is 5.75 Å². The van der Waals surface area contributed by atoms with Gasteiger partial charge in [-0.3, -0.25) is 14.6 Å². The summed E-state index contributed by atoms with van der Waals surface area (Å²) in [5.74, 6) is 0.430. The number of hydrogen-bond acceptors (Lipinski definition) is 5. The first-order valence-electron chi connectivity index (χ1n) is 11.7. The van der Waals surface area contributed by atoms with E-state index in [9.17, 15) is 9.90 Å². The molecule has 1 N–H and O–H groups in total. The molecule has 33 heavy (non-hydrogen) atoms. The smallest absolute Gasteiger partial charge is 0.227 e. The number of nitrogens with zero attached hydrogens (tertiary/aromatic N) is 3. The second-order valence-electron chi connectivity index (χ2n) is 8.80. The third-order valence-electron chi connectivity index (χ3n) is 6.52. The van der Waals surface area contributed by atoms with Crippen LogP contribution < -0.4 is 0 Å². The van der Waals surface area contributed by atoms with Crippen molar-refractivity contribution in [2.75, 3.05) is 32.7 Å². The van der Waals surface area contributed by atoms with Gasteiger partial charge in [0.2, 0.25) is 5.91 Å². The molecule has 1 aliphatic rings. The van der Waals surface area contributed by atoms with Crippen molar-refractivity contribution >= 4 is 33.2 Å². The number of rotatable bonds is 9. The summed E-state index contributed by atoms with van der Waals surface area (Å²) in [6.45, 7) is 16.7. The van der Waals surface area contributed by atoms with Crippen molar-refractivity contribution < 1.29 is 9.90 Å². The summed E-state index contributed by atoms with van der Waals surface area (Å²) in [4.78, 5) is 21.9. The van der Waals surface area contributed by atoms with E-state index in [1.165, 1.54) is 4.88 Å². The number of phenolic OH excluding ortho intramolecular Hbond substituents is 1. The fourth-order valence-corrected chi connectivity index (χ4v) is 6.70. The highest BCUT2D eigenvalue weighted by Crippen LogP contribution is 2.40. The lowest BCUT2D eigenvalue weighted by molar-refractivity contribution is -0.130. The molecule has 0 bridgehead atoms. The predicted octanol–water partition coefficient (Wildman–Crippen LogP) is 5.30. The summed E-state index contributed by atoms with van der Waals surface area (Å²) in [5.41, 5.74) is 1.07. The van der Waals surface area contributed by atoms with Gasteiger partial charge in [-0.15, -0.1) is 17.9 Å². The van der Waals surface area contributed by atoms with Crippen LogP contribution in [0.2, 0.25) is 0 Å². The third kappa shape index (κ3) is 6.07. The van der Waals surface area contributed by atoms with Crippen LogP contribution in [0, 0.1) is 0 Å². The van der Waals surface area contributed by atoms with Crippen molar-refractivity contribution in [1.82, 2.24) is 14.7 Å². The van der Waals surface area contributed by atoms with Crippen LogP contribution >= 0.6 is 27.3 Å². The van der Waals surface area contributed by atoms with Crippen molar-refractivity contribution in [3.63, 3.8) is 0 Å². The number of phenols is 1. The zero-order valence-electron chi connectivity index (χ0n) is 20.1. The highest BCUT2D eigenvalue weighted by molar-refractivity contribution is 9.10. The molecule has 2 aromatic rings. The number of piperazine rings is 1. The summed E-state index contributed by atoms with van der Waals surface area (Å²) in [6, 6.07) is 10.5. The Labute approximate surface area is 210 Å². The van der Waals surface area contributed by atoms with Gasteiger partial charge in [0.05, 0.1) is 12.5 Å². The molecule has 1 aromatic carbocycles. The monoisotopic (exact) mass is 533 g/mol. The number of benzene rings is 1. The molecule has 0 aliphatic carbocycles. The molecule has 2 heterocycles. The Hall–Kier alpha value is -1.67. The van der Waals surface area contributed by atoms with Crippen LogP contribution in [-0.4, -0.2) is 70.5 Å². The fourth-order valence-electron chi connectivity index (χ4n) is 4.73. The highest BCUT2D eigenvalue weighted by atomic mass is 79.9. The lowest BCUT2D eigenvalue weighted by atomic mass is 9.98. The summed E-state index contributed by atoms with van der Waals surface area (Å²) >= 11 is 5.42. The van der Waals surface area contributed by atoms with Crippen molar-refractivity contribution in [3.05, 3.63) is 62.8 Å². The average Bonchev–Trinajstić information content (AvgIpc) is 3.12. The van der Waals surface area contributed by atoms with Crippen LogP contribution in [-0.2, 0) is 11.2 Å². The molecule has 1 aromatic heterocycles. The number of carbonyl (C=O) groups is 1. The van der Waals surface area contributed by atoms with E-state index < -0.39 is 0 Å². The van der Waals surface area contributed by atoms with E-state index >= 15 is 0 Å². The Kier molecular flexibility index (Phi) is 9.16. The largest absolute Gasteiger partial charge is 0.508 e. The maximum absolute atomic E-state index is 12.8. The quantitative estimate of drug-likeness (QED) is 0.444. The minimum Gasteiger partial charge on any atom is -0.508 e. The van der Waals surface area contributed by atoms with Gasteiger partial charge in [-0.1, -0.05) is 18.2 Å². The number of thiophene rings is 1. The first-order valence-corrected chi connectivity index (χ1v) is 13.3. The lowest BCUT2D eigenvalue weighted by Gasteiger charge is -2.47. The molecule has 180 valence electrons. The molecule has 0 saturated carbocycles. The van der Waals surface area contributed by atoms with Crippen molar-refractivity contribution in [2.45, 2.75) is 52.2 Å². The van der Waals surface area contributed by atoms with E-state index in [4.69, 9.17) is 0 Å². The average molecular weight is 535 g/mol. The van der Waals surface area contributed by atoms with Crippen LogP contribution in [0.1, 0.15) is 49.1 Å². The zero-order chi connectivity index (χ0) is 24.1. The molecule has 1 fully saturated rings. The van der Waals surface area contributed by atoms with Gasteiger partial charge in [0.1, 0.15) is 5.75 Å². The predicted molar refractivity (Wildman–Crippen MR) is 141 cm³/mol. The number of carbonyl (C=O) groups excluding carboxylic acids is 1. The molecule has 0 radical (unpaired) electrons. The molecule has 1 amide bonds. The van der Waals surface area contributed by atoms with Crippen LogP contribution in [0.15, 0.2) is 47.5 Å². The summed E-state index contributed by atoms with van der Waals surface area (Å²) in [6.07, 6.45) is 2.37. The Morgan fingerprint density at radius 2 is 2.00 bits per heavy atom. The minimum absolute atomic E-state index is 0.0130. The van der Waals surface area contributed by atoms with Crippen LogP contribution in [0.25, 0.3) is 0 Å². The molecule has 0 spiro atoms. The number of hydrogen-bond donors (Lipinski definition) is 1. The molecule has 3 rings (SSSR count). The fraction of sp³-hybridized carbons (Fsp3) is 0.500. The summed E-state index contributed by atoms with van der Waals surface area (Å²) in [5, 5.41) is 10.2. The van der Waals surface area contributed by atoms with Crippen molar-refractivity contribution in [2.24, 2.45) is 0 Å². The van der Waals surface area contributed by atoms with Crippen LogP contribution in [0.3, 0.4) is 0 Å². The van der Waals surface area contributed by atoms with Crippen LogP contribution in [0.5, 0.6) is 5.75 Å². The van der Waals surface area contributed by atoms with Crippen LogP contribution in [0.4, 0.5) is 0 Å². The third-order valence-corrected chi connectivity index (χ3v) is 8.68. The molecular weight excluding hydrogens is 498 g/mol. The van der Waals surface area contributed by atoms with Gasteiger partial charge in [-0.05, 0) is 67.4 Å². The van der Waals surface area contributed by atoms with E-state index in [-0.39, 0.29) is 17.7 Å². The van der Waals surface area contributed by atoms with Gasteiger partial charge in [0, 0.05) is 59.0 Å². The first-order chi connectivity index (χ1) is 15.8. The number of likely N-dealkylation sites (N-methyl/N-ethyl adjacent to an activating group) is 1. The molecular formula is C26H36BrN3O2S. The Morgan fingerprint density at radius 3 is 2.64 bits per heavy atom. The normalized spacial score (nSPS) is 20.5. The summed E-state index contributed by atoms with van der Waals surface area (Å²) < 4.78 is 0.985. The van der Waals surface area contributed by atoms with Gasteiger partial charge in [-0.2, -0.15) is 0 Å². The zero-order valence-corrected chi connectivity index (χ0v) is 22.5. The maximum Gasteiger partial charge on any atom is 0.227 e. The number of aromatic hydroxyl groups is 1. The lowest BCUT2D eigenvalue weighted by Crippen LogP contribution is -2.57. The second-order valence-corrected chi connectivity index (χ2v) is 10.8. The second kappa shape index (κ2) is 11.6. The number of amides is 1. The Balaban J connectivity index is 1.96. The van der Waals surface area contributed by atoms with Gasteiger partial charge < -0.3 is 10.0 Å². The van der Waals surface area contributed by atoms with E-state index in [1.54, 1.807) is 17.4 Å². The van der Waals surface area contributed by atoms with Gasteiger partial charge in [0.25, 0.3) is 0 Å². The SMILES string of the molecule is C=CCN1C[C@@H](C)N([C@H](c2cccc(O)c2)c2cc(Br)c(CC(=O)N(CC)CC)s2)C[C@@H]1C. The molecule has 5 nitrogen and oxygen atoms in total. The van der Waals surface area contributed by atoms with Gasteiger partial charge in [0.15, 0.2) is 0 Å². The van der Waals surface area contributed by atoms with E-state index in [0.717, 1.165) is 47.6 Å². The summed E-state index contributed by atoms with van der Waals surface area (Å²) in [7, 11) is 0. The topological polar surface area (TPSA) is 47.0 Å². The van der Waals surface area contributed by atoms with Gasteiger partial charge >= 0.3 is 0 Å². The van der Waals surface area contributed by atoms with E-state index in [2.05, 4.69) is 58.3 Å². The standard InChI is InChI=1S/C26H36BrN3O2S/c1-6-12-29-16-19(5)30(17-18(29)4)26(20-10-9-11-21(31)13-20)24-14-22(27)23(33-24)15-25(32)28(7-2)8-3/h6,9-11,13-14,18-19,26,31H,1,7-8,12,15-17H2,2-5H3/t18-,19+,26+/m0/s1. The first kappa shape index (κ1) is 25.9. The number of halogens is 1. The molecule has 1 aliphatic heterocycles. The Bertz CT molecular complexity index is 959.